The minimum Gasteiger partial charge on any atom is -0.493 e. The van der Waals surface area contributed by atoms with E-state index in [1.165, 1.54) is 18.9 Å². The van der Waals surface area contributed by atoms with Gasteiger partial charge in [0.25, 0.3) is 0 Å². The summed E-state index contributed by atoms with van der Waals surface area (Å²) in [5.74, 6) is 6.09. The van der Waals surface area contributed by atoms with E-state index in [0.29, 0.717) is 23.8 Å². The number of unbranched alkanes of at least 4 members (excludes halogenated alkanes) is 1. The first kappa shape index (κ1) is 16.5. The van der Waals surface area contributed by atoms with Crippen molar-refractivity contribution in [1.29, 1.82) is 0 Å². The number of ether oxygens (including phenoxy) is 1. The second-order valence-electron chi connectivity index (χ2n) is 4.88. The highest BCUT2D eigenvalue weighted by Crippen LogP contribution is 2.19. The third-order valence-electron chi connectivity index (χ3n) is 3.29. The maximum absolute atomic E-state index is 13.8. The van der Waals surface area contributed by atoms with E-state index in [1.807, 2.05) is 0 Å². The molecule has 0 fully saturated rings. The molecule has 0 radical (unpaired) electrons. The van der Waals surface area contributed by atoms with Gasteiger partial charge in [0.05, 0.1) is 18.7 Å². The lowest BCUT2D eigenvalue weighted by Crippen LogP contribution is -2.11. The lowest BCUT2D eigenvalue weighted by Gasteiger charge is -2.15. The zero-order valence-corrected chi connectivity index (χ0v) is 12.4. The molecule has 1 rings (SSSR count). The summed E-state index contributed by atoms with van der Waals surface area (Å²) in [6.07, 6.45) is 4.65. The maximum atomic E-state index is 13.8. The Hall–Kier alpha value is -1.53. The van der Waals surface area contributed by atoms with E-state index in [0.717, 1.165) is 12.8 Å². The number of benzene rings is 1. The van der Waals surface area contributed by atoms with Gasteiger partial charge in [0.1, 0.15) is 11.6 Å². The fraction of sp³-hybridized carbons (Fsp3) is 0.529. The van der Waals surface area contributed by atoms with Gasteiger partial charge in [0.15, 0.2) is 0 Å². The Morgan fingerprint density at radius 1 is 1.35 bits per heavy atom. The predicted octanol–water partition coefficient (Wildman–Crippen LogP) is 3.73. The largest absolute Gasteiger partial charge is 0.493 e. The molecular weight excluding hydrogens is 253 g/mol. The normalized spacial score (nSPS) is 11.6. The molecule has 0 heterocycles. The van der Waals surface area contributed by atoms with Crippen molar-refractivity contribution in [2.75, 3.05) is 13.2 Å². The molecule has 1 aromatic carbocycles. The van der Waals surface area contributed by atoms with Crippen molar-refractivity contribution >= 4 is 0 Å². The van der Waals surface area contributed by atoms with Crippen LogP contribution in [-0.2, 0) is 0 Å². The molecule has 0 aromatic heterocycles. The predicted molar refractivity (Wildman–Crippen MR) is 81.1 cm³/mol. The van der Waals surface area contributed by atoms with Gasteiger partial charge in [0.2, 0.25) is 0 Å². The van der Waals surface area contributed by atoms with E-state index in [9.17, 15) is 4.39 Å². The summed E-state index contributed by atoms with van der Waals surface area (Å²) < 4.78 is 19.4. The summed E-state index contributed by atoms with van der Waals surface area (Å²) in [5, 5.41) is 0. The van der Waals surface area contributed by atoms with Crippen LogP contribution in [-0.4, -0.2) is 13.2 Å². The minimum atomic E-state index is -0.356. The Bertz CT molecular complexity index is 462. The minimum absolute atomic E-state index is 0.229. The third-order valence-corrected chi connectivity index (χ3v) is 3.29. The smallest absolute Gasteiger partial charge is 0.142 e. The molecule has 3 heteroatoms. The third kappa shape index (κ3) is 5.63. The van der Waals surface area contributed by atoms with E-state index < -0.39 is 0 Å². The van der Waals surface area contributed by atoms with Crippen LogP contribution in [0.2, 0.25) is 0 Å². The Morgan fingerprint density at radius 2 is 2.15 bits per heavy atom. The van der Waals surface area contributed by atoms with Crippen molar-refractivity contribution in [2.24, 2.45) is 11.7 Å². The molecule has 0 bridgehead atoms. The van der Waals surface area contributed by atoms with Crippen LogP contribution in [0.25, 0.3) is 0 Å². The highest BCUT2D eigenvalue weighted by atomic mass is 19.1. The van der Waals surface area contributed by atoms with E-state index in [-0.39, 0.29) is 12.4 Å². The molecule has 0 aliphatic heterocycles. The van der Waals surface area contributed by atoms with Crippen molar-refractivity contribution in [3.8, 4) is 17.6 Å². The maximum Gasteiger partial charge on any atom is 0.142 e. The van der Waals surface area contributed by atoms with Gasteiger partial charge in [-0.15, -0.1) is 0 Å². The number of hydrogen-bond donors (Lipinski definition) is 1. The molecule has 110 valence electrons. The monoisotopic (exact) mass is 277 g/mol. The molecular formula is C17H24FNO. The Kier molecular flexibility index (Phi) is 7.75. The average molecular weight is 277 g/mol. The van der Waals surface area contributed by atoms with Crippen LogP contribution in [0, 0.1) is 23.6 Å². The van der Waals surface area contributed by atoms with Gasteiger partial charge in [0, 0.05) is 6.07 Å². The quantitative estimate of drug-likeness (QED) is 0.771. The second-order valence-corrected chi connectivity index (χ2v) is 4.88. The van der Waals surface area contributed by atoms with Gasteiger partial charge in [-0.05, 0) is 24.5 Å². The van der Waals surface area contributed by atoms with Crippen LogP contribution in [0.5, 0.6) is 5.75 Å². The molecule has 0 saturated heterocycles. The molecule has 0 aliphatic rings. The standard InChI is InChI=1S/C17H24FNO/c1-3-5-7-14(4-2)13-20-16-10-9-15(8-6-11-19)17(18)12-16/h9-10,12,14H,3-5,7,11,13,19H2,1-2H3. The first-order chi connectivity index (χ1) is 9.71. The SMILES string of the molecule is CCCCC(CC)COc1ccc(C#CCN)c(F)c1. The van der Waals surface area contributed by atoms with Crippen LogP contribution in [0.1, 0.15) is 45.1 Å². The highest BCUT2D eigenvalue weighted by molar-refractivity contribution is 5.39. The Labute approximate surface area is 121 Å². The van der Waals surface area contributed by atoms with Gasteiger partial charge in [-0.3, -0.25) is 0 Å². The molecule has 1 atom stereocenters. The van der Waals surface area contributed by atoms with Crippen molar-refractivity contribution in [3.63, 3.8) is 0 Å². The molecule has 1 aromatic rings. The molecule has 0 amide bonds. The van der Waals surface area contributed by atoms with Crippen molar-refractivity contribution in [1.82, 2.24) is 0 Å². The second kappa shape index (κ2) is 9.39. The molecule has 2 N–H and O–H groups in total. The summed E-state index contributed by atoms with van der Waals surface area (Å²) in [7, 11) is 0. The van der Waals surface area contributed by atoms with Crippen molar-refractivity contribution < 1.29 is 9.13 Å². The van der Waals surface area contributed by atoms with E-state index in [1.54, 1.807) is 12.1 Å². The van der Waals surface area contributed by atoms with Crippen LogP contribution in [0.4, 0.5) is 4.39 Å². The molecule has 2 nitrogen and oxygen atoms in total. The van der Waals surface area contributed by atoms with Crippen LogP contribution >= 0.6 is 0 Å². The van der Waals surface area contributed by atoms with E-state index in [4.69, 9.17) is 10.5 Å². The number of halogens is 1. The fourth-order valence-electron chi connectivity index (χ4n) is 1.95. The van der Waals surface area contributed by atoms with E-state index in [2.05, 4.69) is 25.7 Å². The van der Waals surface area contributed by atoms with Crippen molar-refractivity contribution in [2.45, 2.75) is 39.5 Å². The summed E-state index contributed by atoms with van der Waals surface area (Å²) in [5.41, 5.74) is 5.63. The number of rotatable bonds is 7. The first-order valence-corrected chi connectivity index (χ1v) is 7.32. The fourth-order valence-corrected chi connectivity index (χ4v) is 1.95. The molecule has 20 heavy (non-hydrogen) atoms. The van der Waals surface area contributed by atoms with E-state index >= 15 is 0 Å². The lowest BCUT2D eigenvalue weighted by atomic mass is 10.0. The average Bonchev–Trinajstić information content (AvgIpc) is 2.46. The van der Waals surface area contributed by atoms with Crippen LogP contribution in [0.15, 0.2) is 18.2 Å². The number of hydrogen-bond acceptors (Lipinski definition) is 2. The summed E-state index contributed by atoms with van der Waals surface area (Å²) in [6.45, 7) is 5.22. The van der Waals surface area contributed by atoms with Crippen molar-refractivity contribution in [3.05, 3.63) is 29.6 Å². The van der Waals surface area contributed by atoms with Crippen LogP contribution in [0.3, 0.4) is 0 Å². The highest BCUT2D eigenvalue weighted by Gasteiger charge is 2.08. The summed E-state index contributed by atoms with van der Waals surface area (Å²) in [6, 6.07) is 4.80. The molecule has 0 aliphatic carbocycles. The zero-order chi connectivity index (χ0) is 14.8. The van der Waals surface area contributed by atoms with Crippen LogP contribution < -0.4 is 10.5 Å². The van der Waals surface area contributed by atoms with Gasteiger partial charge < -0.3 is 10.5 Å². The molecule has 0 saturated carbocycles. The van der Waals surface area contributed by atoms with Gasteiger partial charge in [-0.25, -0.2) is 4.39 Å². The Morgan fingerprint density at radius 3 is 2.75 bits per heavy atom. The van der Waals surface area contributed by atoms with Gasteiger partial charge in [-0.1, -0.05) is 45.0 Å². The first-order valence-electron chi connectivity index (χ1n) is 7.32. The van der Waals surface area contributed by atoms with Gasteiger partial charge >= 0.3 is 0 Å². The lowest BCUT2D eigenvalue weighted by molar-refractivity contribution is 0.232. The summed E-state index contributed by atoms with van der Waals surface area (Å²) >= 11 is 0. The Balaban J connectivity index is 2.58. The zero-order valence-electron chi connectivity index (χ0n) is 12.4. The van der Waals surface area contributed by atoms with Gasteiger partial charge in [-0.2, -0.15) is 0 Å². The summed E-state index contributed by atoms with van der Waals surface area (Å²) in [4.78, 5) is 0. The molecule has 1 unspecified atom stereocenters. The number of nitrogens with two attached hydrogens (primary N) is 1. The topological polar surface area (TPSA) is 35.2 Å². The molecule has 0 spiro atoms.